The molecule has 0 atom stereocenters. The number of thioether (sulfide) groups is 1. The van der Waals surface area contributed by atoms with Gasteiger partial charge in [0.05, 0.1) is 0 Å². The van der Waals surface area contributed by atoms with Crippen molar-refractivity contribution in [2.45, 2.75) is 17.9 Å². The minimum atomic E-state index is 0.0939. The zero-order valence-electron chi connectivity index (χ0n) is 9.77. The fourth-order valence-corrected chi connectivity index (χ4v) is 1.82. The summed E-state index contributed by atoms with van der Waals surface area (Å²) in [6.07, 6.45) is 2.46. The van der Waals surface area contributed by atoms with Crippen LogP contribution in [0.5, 0.6) is 0 Å². The molecule has 1 aromatic carbocycles. The molecule has 0 radical (unpaired) electrons. The Morgan fingerprint density at radius 1 is 1.38 bits per heavy atom. The first-order chi connectivity index (χ1) is 7.67. The van der Waals surface area contributed by atoms with E-state index in [1.165, 1.54) is 4.90 Å². The number of hydrogen-bond donors (Lipinski definition) is 1. The van der Waals surface area contributed by atoms with Gasteiger partial charge in [0.25, 0.3) is 0 Å². The van der Waals surface area contributed by atoms with Gasteiger partial charge in [-0.1, -0.05) is 12.1 Å². The summed E-state index contributed by atoms with van der Waals surface area (Å²) < 4.78 is 0. The van der Waals surface area contributed by atoms with Crippen LogP contribution in [0.25, 0.3) is 0 Å². The van der Waals surface area contributed by atoms with Gasteiger partial charge in [-0.25, -0.2) is 0 Å². The molecular formula is C12H18N2OS. The van der Waals surface area contributed by atoms with E-state index in [4.69, 9.17) is 5.73 Å². The molecular weight excluding hydrogens is 220 g/mol. The Morgan fingerprint density at radius 3 is 2.50 bits per heavy atom. The molecule has 1 rings (SSSR count). The molecule has 0 aliphatic heterocycles. The van der Waals surface area contributed by atoms with Crippen LogP contribution in [0.1, 0.15) is 12.0 Å². The number of nitrogens with two attached hydrogens (primary N) is 1. The lowest BCUT2D eigenvalue weighted by atomic mass is 10.2. The van der Waals surface area contributed by atoms with E-state index in [0.717, 1.165) is 5.56 Å². The molecule has 88 valence electrons. The Hall–Kier alpha value is -1.00. The maximum Gasteiger partial charge on any atom is 0.223 e. The second-order valence-electron chi connectivity index (χ2n) is 3.64. The third kappa shape index (κ3) is 3.87. The molecule has 0 fully saturated rings. The summed E-state index contributed by atoms with van der Waals surface area (Å²) in [6, 6.07) is 8.25. The van der Waals surface area contributed by atoms with Crippen LogP contribution in [0.15, 0.2) is 29.2 Å². The summed E-state index contributed by atoms with van der Waals surface area (Å²) >= 11 is 1.71. The summed E-state index contributed by atoms with van der Waals surface area (Å²) in [7, 11) is 1.81. The van der Waals surface area contributed by atoms with Crippen molar-refractivity contribution < 1.29 is 4.79 Å². The molecule has 3 nitrogen and oxygen atoms in total. The minimum absolute atomic E-state index is 0.0939. The third-order valence-electron chi connectivity index (χ3n) is 2.36. The third-order valence-corrected chi connectivity index (χ3v) is 3.11. The molecule has 0 saturated carbocycles. The lowest BCUT2D eigenvalue weighted by molar-refractivity contribution is -0.130. The molecule has 16 heavy (non-hydrogen) atoms. The maximum atomic E-state index is 11.5. The zero-order chi connectivity index (χ0) is 12.0. The van der Waals surface area contributed by atoms with Gasteiger partial charge in [-0.15, -0.1) is 11.8 Å². The molecule has 0 unspecified atom stereocenters. The Bertz CT molecular complexity index is 337. The van der Waals surface area contributed by atoms with Crippen molar-refractivity contribution in [3.05, 3.63) is 29.8 Å². The summed E-state index contributed by atoms with van der Waals surface area (Å²) in [5.74, 6) is 0.0939. The Labute approximate surface area is 101 Å². The molecule has 0 aliphatic rings. The van der Waals surface area contributed by atoms with Crippen LogP contribution in [-0.2, 0) is 11.3 Å². The normalized spacial score (nSPS) is 10.2. The van der Waals surface area contributed by atoms with Gasteiger partial charge in [0, 0.05) is 31.5 Å². The van der Waals surface area contributed by atoms with E-state index < -0.39 is 0 Å². The van der Waals surface area contributed by atoms with Gasteiger partial charge in [-0.2, -0.15) is 0 Å². The molecule has 2 N–H and O–H groups in total. The molecule has 0 aliphatic carbocycles. The number of hydrogen-bond acceptors (Lipinski definition) is 3. The van der Waals surface area contributed by atoms with E-state index in [2.05, 4.69) is 24.3 Å². The molecule has 1 aromatic rings. The first-order valence-corrected chi connectivity index (χ1v) is 6.47. The Morgan fingerprint density at radius 2 is 2.00 bits per heavy atom. The van der Waals surface area contributed by atoms with E-state index in [-0.39, 0.29) is 5.91 Å². The van der Waals surface area contributed by atoms with Gasteiger partial charge in [-0.3, -0.25) is 4.79 Å². The highest BCUT2D eigenvalue weighted by molar-refractivity contribution is 7.98. The quantitative estimate of drug-likeness (QED) is 0.794. The van der Waals surface area contributed by atoms with Gasteiger partial charge in [-0.05, 0) is 24.0 Å². The van der Waals surface area contributed by atoms with Crippen molar-refractivity contribution in [2.24, 2.45) is 5.73 Å². The van der Waals surface area contributed by atoms with Crippen LogP contribution in [0, 0.1) is 0 Å². The number of amides is 1. The van der Waals surface area contributed by atoms with E-state index >= 15 is 0 Å². The van der Waals surface area contributed by atoms with Gasteiger partial charge >= 0.3 is 0 Å². The van der Waals surface area contributed by atoms with Crippen LogP contribution in [-0.4, -0.2) is 30.7 Å². The van der Waals surface area contributed by atoms with Crippen molar-refractivity contribution in [1.82, 2.24) is 4.90 Å². The van der Waals surface area contributed by atoms with E-state index in [1.807, 2.05) is 6.26 Å². The molecule has 0 bridgehead atoms. The molecule has 0 aromatic heterocycles. The Kier molecular flexibility index (Phi) is 5.35. The topological polar surface area (TPSA) is 46.3 Å². The number of carbonyl (C=O) groups is 1. The van der Waals surface area contributed by atoms with Gasteiger partial charge in [0.1, 0.15) is 0 Å². The average Bonchev–Trinajstić information content (AvgIpc) is 2.30. The lowest BCUT2D eigenvalue weighted by Crippen LogP contribution is -2.27. The predicted molar refractivity (Wildman–Crippen MR) is 68.4 cm³/mol. The lowest BCUT2D eigenvalue weighted by Gasteiger charge is -2.16. The fraction of sp³-hybridized carbons (Fsp3) is 0.417. The van der Waals surface area contributed by atoms with Crippen molar-refractivity contribution in [1.29, 1.82) is 0 Å². The smallest absolute Gasteiger partial charge is 0.223 e. The fourth-order valence-electron chi connectivity index (χ4n) is 1.41. The standard InChI is InChI=1S/C12H18N2OS/c1-14(12(15)7-8-13)9-10-3-5-11(16-2)6-4-10/h3-6H,7-9,13H2,1-2H3. The number of rotatable bonds is 5. The SMILES string of the molecule is CSc1ccc(CN(C)C(=O)CCN)cc1. The first kappa shape index (κ1) is 13.1. The van der Waals surface area contributed by atoms with E-state index in [0.29, 0.717) is 19.5 Å². The van der Waals surface area contributed by atoms with Crippen molar-refractivity contribution in [2.75, 3.05) is 19.8 Å². The largest absolute Gasteiger partial charge is 0.341 e. The van der Waals surface area contributed by atoms with Crippen LogP contribution in [0.2, 0.25) is 0 Å². The second kappa shape index (κ2) is 6.55. The first-order valence-electron chi connectivity index (χ1n) is 5.24. The molecule has 1 amide bonds. The molecule has 4 heteroatoms. The van der Waals surface area contributed by atoms with Crippen LogP contribution >= 0.6 is 11.8 Å². The molecule has 0 saturated heterocycles. The molecule has 0 spiro atoms. The van der Waals surface area contributed by atoms with Gasteiger partial charge in [0.15, 0.2) is 0 Å². The predicted octanol–water partition coefficient (Wildman–Crippen LogP) is 1.72. The number of benzene rings is 1. The average molecular weight is 238 g/mol. The van der Waals surface area contributed by atoms with Crippen molar-refractivity contribution in [3.8, 4) is 0 Å². The highest BCUT2D eigenvalue weighted by Gasteiger charge is 2.07. The number of nitrogens with zero attached hydrogens (tertiary/aromatic N) is 1. The highest BCUT2D eigenvalue weighted by Crippen LogP contribution is 2.15. The van der Waals surface area contributed by atoms with Crippen LogP contribution in [0.4, 0.5) is 0 Å². The van der Waals surface area contributed by atoms with Crippen molar-refractivity contribution in [3.63, 3.8) is 0 Å². The summed E-state index contributed by atoms with van der Waals surface area (Å²) in [6.45, 7) is 1.06. The maximum absolute atomic E-state index is 11.5. The monoisotopic (exact) mass is 238 g/mol. The van der Waals surface area contributed by atoms with Crippen LogP contribution in [0.3, 0.4) is 0 Å². The van der Waals surface area contributed by atoms with E-state index in [1.54, 1.807) is 23.7 Å². The summed E-state index contributed by atoms with van der Waals surface area (Å²) in [5.41, 5.74) is 6.49. The second-order valence-corrected chi connectivity index (χ2v) is 4.52. The summed E-state index contributed by atoms with van der Waals surface area (Å²) in [5, 5.41) is 0. The van der Waals surface area contributed by atoms with Crippen molar-refractivity contribution >= 4 is 17.7 Å². The van der Waals surface area contributed by atoms with Crippen LogP contribution < -0.4 is 5.73 Å². The van der Waals surface area contributed by atoms with E-state index in [9.17, 15) is 4.79 Å². The molecule has 0 heterocycles. The minimum Gasteiger partial charge on any atom is -0.341 e. The summed E-state index contributed by atoms with van der Waals surface area (Å²) in [4.78, 5) is 14.5. The van der Waals surface area contributed by atoms with Gasteiger partial charge in [0.2, 0.25) is 5.91 Å². The number of carbonyl (C=O) groups excluding carboxylic acids is 1. The van der Waals surface area contributed by atoms with Gasteiger partial charge < -0.3 is 10.6 Å². The zero-order valence-corrected chi connectivity index (χ0v) is 10.6. The Balaban J connectivity index is 2.55. The highest BCUT2D eigenvalue weighted by atomic mass is 32.2.